The van der Waals surface area contributed by atoms with Gasteiger partial charge in [-0.1, -0.05) is 48.8 Å². The van der Waals surface area contributed by atoms with E-state index in [0.717, 1.165) is 24.0 Å². The summed E-state index contributed by atoms with van der Waals surface area (Å²) in [6.07, 6.45) is 1.13. The molecular formula is C16H27BrN2. The Morgan fingerprint density at radius 2 is 1.79 bits per heavy atom. The van der Waals surface area contributed by atoms with Crippen LogP contribution in [0.4, 0.5) is 0 Å². The first kappa shape index (κ1) is 16.7. The van der Waals surface area contributed by atoms with Crippen molar-refractivity contribution in [2.75, 3.05) is 27.2 Å². The summed E-state index contributed by atoms with van der Waals surface area (Å²) in [4.78, 5) is 2.42. The van der Waals surface area contributed by atoms with Gasteiger partial charge in [0.05, 0.1) is 0 Å². The van der Waals surface area contributed by atoms with Crippen molar-refractivity contribution < 1.29 is 0 Å². The maximum Gasteiger partial charge on any atom is 0.0329 e. The average molecular weight is 327 g/mol. The Balaban J connectivity index is 2.51. The molecule has 0 heterocycles. The molecule has 0 bridgehead atoms. The lowest BCUT2D eigenvalue weighted by Gasteiger charge is -2.28. The molecule has 1 N–H and O–H groups in total. The van der Waals surface area contributed by atoms with Crippen LogP contribution in [0.15, 0.2) is 28.7 Å². The quantitative estimate of drug-likeness (QED) is 0.847. The molecule has 0 amide bonds. The Morgan fingerprint density at radius 3 is 2.26 bits per heavy atom. The number of nitrogens with one attached hydrogen (secondary N) is 1. The smallest absolute Gasteiger partial charge is 0.0329 e. The van der Waals surface area contributed by atoms with E-state index in [1.54, 1.807) is 0 Å². The van der Waals surface area contributed by atoms with Gasteiger partial charge < -0.3 is 10.2 Å². The standard InChI is InChI=1S/C16H27BrN2/c1-16(2,3)12-19(5)11-10-15(18-4)13-6-8-14(17)9-7-13/h6-9,15,18H,10-12H2,1-5H3. The van der Waals surface area contributed by atoms with Gasteiger partial charge in [-0.3, -0.25) is 0 Å². The largest absolute Gasteiger partial charge is 0.313 e. The highest BCUT2D eigenvalue weighted by molar-refractivity contribution is 9.10. The van der Waals surface area contributed by atoms with Crippen molar-refractivity contribution in [2.45, 2.75) is 33.2 Å². The summed E-state index contributed by atoms with van der Waals surface area (Å²) in [6, 6.07) is 9.02. The number of halogens is 1. The Hall–Kier alpha value is -0.380. The number of hydrogen-bond acceptors (Lipinski definition) is 2. The Bertz CT molecular complexity index is 367. The van der Waals surface area contributed by atoms with Gasteiger partial charge in [0.15, 0.2) is 0 Å². The van der Waals surface area contributed by atoms with Gasteiger partial charge >= 0.3 is 0 Å². The minimum Gasteiger partial charge on any atom is -0.313 e. The molecule has 0 fully saturated rings. The highest BCUT2D eigenvalue weighted by Crippen LogP contribution is 2.20. The molecule has 0 radical (unpaired) electrons. The van der Waals surface area contributed by atoms with E-state index in [-0.39, 0.29) is 0 Å². The van der Waals surface area contributed by atoms with Crippen molar-refractivity contribution in [3.8, 4) is 0 Å². The predicted octanol–water partition coefficient (Wildman–Crippen LogP) is 4.08. The van der Waals surface area contributed by atoms with Gasteiger partial charge in [-0.05, 0) is 50.2 Å². The molecule has 1 atom stereocenters. The lowest BCUT2D eigenvalue weighted by Crippen LogP contribution is -2.32. The predicted molar refractivity (Wildman–Crippen MR) is 87.5 cm³/mol. The maximum absolute atomic E-state index is 3.48. The van der Waals surface area contributed by atoms with Gasteiger partial charge in [0.1, 0.15) is 0 Å². The average Bonchev–Trinajstić information content (AvgIpc) is 2.29. The fourth-order valence-corrected chi connectivity index (χ4v) is 2.68. The van der Waals surface area contributed by atoms with Crippen LogP contribution in [0.5, 0.6) is 0 Å². The molecule has 3 heteroatoms. The van der Waals surface area contributed by atoms with Crippen molar-refractivity contribution in [2.24, 2.45) is 5.41 Å². The highest BCUT2D eigenvalue weighted by Gasteiger charge is 2.15. The van der Waals surface area contributed by atoms with E-state index in [0.29, 0.717) is 11.5 Å². The van der Waals surface area contributed by atoms with E-state index in [1.165, 1.54) is 5.56 Å². The van der Waals surface area contributed by atoms with Crippen molar-refractivity contribution in [3.63, 3.8) is 0 Å². The molecule has 2 nitrogen and oxygen atoms in total. The molecular weight excluding hydrogens is 300 g/mol. The van der Waals surface area contributed by atoms with Crippen LogP contribution < -0.4 is 5.32 Å². The van der Waals surface area contributed by atoms with Crippen LogP contribution in [0.1, 0.15) is 38.8 Å². The first-order chi connectivity index (χ1) is 8.81. The molecule has 0 saturated carbocycles. The minimum absolute atomic E-state index is 0.363. The molecule has 0 aromatic heterocycles. The van der Waals surface area contributed by atoms with E-state index in [4.69, 9.17) is 0 Å². The Labute approximate surface area is 126 Å². The summed E-state index contributed by atoms with van der Waals surface area (Å²) >= 11 is 3.48. The van der Waals surface area contributed by atoms with Crippen LogP contribution in [0.3, 0.4) is 0 Å². The molecule has 0 aliphatic carbocycles. The molecule has 1 unspecified atom stereocenters. The zero-order valence-electron chi connectivity index (χ0n) is 12.8. The van der Waals surface area contributed by atoms with Crippen LogP contribution in [0.2, 0.25) is 0 Å². The molecule has 108 valence electrons. The SMILES string of the molecule is CNC(CCN(C)CC(C)(C)C)c1ccc(Br)cc1. The van der Waals surface area contributed by atoms with Crippen molar-refractivity contribution in [1.29, 1.82) is 0 Å². The molecule has 0 aliphatic rings. The van der Waals surface area contributed by atoms with Gasteiger partial charge in [0, 0.05) is 17.1 Å². The van der Waals surface area contributed by atoms with E-state index in [9.17, 15) is 0 Å². The number of rotatable bonds is 6. The second-order valence-electron chi connectivity index (χ2n) is 6.48. The summed E-state index contributed by atoms with van der Waals surface area (Å²) in [5, 5.41) is 3.41. The van der Waals surface area contributed by atoms with Crippen LogP contribution >= 0.6 is 15.9 Å². The van der Waals surface area contributed by atoms with E-state index in [1.807, 2.05) is 7.05 Å². The molecule has 1 rings (SSSR count). The van der Waals surface area contributed by atoms with Gasteiger partial charge in [-0.2, -0.15) is 0 Å². The first-order valence-corrected chi connectivity index (χ1v) is 7.72. The zero-order valence-corrected chi connectivity index (χ0v) is 14.4. The van der Waals surface area contributed by atoms with Gasteiger partial charge in [-0.25, -0.2) is 0 Å². The van der Waals surface area contributed by atoms with Gasteiger partial charge in [-0.15, -0.1) is 0 Å². The van der Waals surface area contributed by atoms with Gasteiger partial charge in [0.25, 0.3) is 0 Å². The summed E-state index contributed by atoms with van der Waals surface area (Å²) in [6.45, 7) is 9.10. The van der Waals surface area contributed by atoms with Gasteiger partial charge in [0.2, 0.25) is 0 Å². The Morgan fingerprint density at radius 1 is 1.21 bits per heavy atom. The third-order valence-electron chi connectivity index (χ3n) is 3.16. The number of benzene rings is 1. The molecule has 1 aromatic carbocycles. The zero-order chi connectivity index (χ0) is 14.5. The van der Waals surface area contributed by atoms with E-state index in [2.05, 4.69) is 78.2 Å². The van der Waals surface area contributed by atoms with E-state index < -0.39 is 0 Å². The molecule has 19 heavy (non-hydrogen) atoms. The molecule has 0 aliphatic heterocycles. The van der Waals surface area contributed by atoms with Crippen LogP contribution in [-0.4, -0.2) is 32.1 Å². The van der Waals surface area contributed by atoms with Crippen molar-refractivity contribution in [1.82, 2.24) is 10.2 Å². The fourth-order valence-electron chi connectivity index (χ4n) is 2.41. The maximum atomic E-state index is 3.48. The number of hydrogen-bond donors (Lipinski definition) is 1. The topological polar surface area (TPSA) is 15.3 Å². The molecule has 0 spiro atoms. The minimum atomic E-state index is 0.363. The number of nitrogens with zero attached hydrogens (tertiary/aromatic N) is 1. The fraction of sp³-hybridized carbons (Fsp3) is 0.625. The van der Waals surface area contributed by atoms with Crippen molar-refractivity contribution in [3.05, 3.63) is 34.3 Å². The lowest BCUT2D eigenvalue weighted by atomic mass is 9.96. The lowest BCUT2D eigenvalue weighted by molar-refractivity contribution is 0.218. The van der Waals surface area contributed by atoms with Crippen LogP contribution in [0.25, 0.3) is 0 Å². The summed E-state index contributed by atoms with van der Waals surface area (Å²) in [5.74, 6) is 0. The third-order valence-corrected chi connectivity index (χ3v) is 3.69. The summed E-state index contributed by atoms with van der Waals surface area (Å²) < 4.78 is 1.14. The summed E-state index contributed by atoms with van der Waals surface area (Å²) in [7, 11) is 4.25. The first-order valence-electron chi connectivity index (χ1n) is 6.93. The van der Waals surface area contributed by atoms with Crippen LogP contribution in [-0.2, 0) is 0 Å². The third kappa shape index (κ3) is 6.55. The molecule has 0 saturated heterocycles. The second kappa shape index (κ2) is 7.41. The van der Waals surface area contributed by atoms with E-state index >= 15 is 0 Å². The highest BCUT2D eigenvalue weighted by atomic mass is 79.9. The van der Waals surface area contributed by atoms with Crippen LogP contribution in [0, 0.1) is 5.41 Å². The normalized spacial score (nSPS) is 13.8. The molecule has 1 aromatic rings. The Kier molecular flexibility index (Phi) is 6.51. The second-order valence-corrected chi connectivity index (χ2v) is 7.40. The monoisotopic (exact) mass is 326 g/mol. The van der Waals surface area contributed by atoms with Crippen molar-refractivity contribution >= 4 is 15.9 Å². The summed E-state index contributed by atoms with van der Waals surface area (Å²) in [5.41, 5.74) is 1.72.